The summed E-state index contributed by atoms with van der Waals surface area (Å²) in [6.07, 6.45) is 7.42. The van der Waals surface area contributed by atoms with Gasteiger partial charge in [0.15, 0.2) is 5.16 Å². The lowest BCUT2D eigenvalue weighted by Gasteiger charge is -2.17. The molecular formula is C20H25N3O3S2. The number of hydrogen-bond donors (Lipinski definition) is 0. The Kier molecular flexibility index (Phi) is 5.19. The van der Waals surface area contributed by atoms with Gasteiger partial charge in [0.1, 0.15) is 4.83 Å². The second-order valence-electron chi connectivity index (χ2n) is 7.86. The largest absolute Gasteiger partial charge is 0.376 e. The molecule has 5 rings (SSSR count). The van der Waals surface area contributed by atoms with Crippen LogP contribution in [0.5, 0.6) is 0 Å². The third kappa shape index (κ3) is 3.39. The number of aryl methyl sites for hydroxylation is 2. The highest BCUT2D eigenvalue weighted by Gasteiger charge is 2.26. The Morgan fingerprint density at radius 2 is 2.07 bits per heavy atom. The predicted octanol–water partition coefficient (Wildman–Crippen LogP) is 2.84. The highest BCUT2D eigenvalue weighted by atomic mass is 32.2. The number of nitrogens with zero attached hydrogens (tertiary/aromatic N) is 3. The molecule has 0 N–H and O–H groups in total. The molecule has 2 saturated heterocycles. The zero-order chi connectivity index (χ0) is 19.1. The summed E-state index contributed by atoms with van der Waals surface area (Å²) in [6.45, 7) is 3.00. The summed E-state index contributed by atoms with van der Waals surface area (Å²) in [6, 6.07) is 0. The standard InChI is InChI=1S/C20H25N3O3S2/c24-16(22-8-1-2-9-22)12-27-20-21-18-17(14-6-3-7-15(14)28-18)19(25)23(20)11-13-5-4-10-26-13/h13H,1-12H2/t13-/m1/s1. The van der Waals surface area contributed by atoms with Crippen molar-refractivity contribution in [2.24, 2.45) is 0 Å². The molecule has 28 heavy (non-hydrogen) atoms. The number of carbonyl (C=O) groups excluding carboxylic acids is 1. The fraction of sp³-hybridized carbons (Fsp3) is 0.650. The lowest BCUT2D eigenvalue weighted by Crippen LogP contribution is -2.31. The molecule has 6 nitrogen and oxygen atoms in total. The maximum absolute atomic E-state index is 13.4. The number of fused-ring (bicyclic) bond motifs is 3. The second-order valence-corrected chi connectivity index (χ2v) is 9.89. The highest BCUT2D eigenvalue weighted by Crippen LogP contribution is 2.35. The second kappa shape index (κ2) is 7.80. The van der Waals surface area contributed by atoms with Gasteiger partial charge in [-0.3, -0.25) is 14.2 Å². The molecular weight excluding hydrogens is 394 g/mol. The van der Waals surface area contributed by atoms with Gasteiger partial charge < -0.3 is 9.64 Å². The predicted molar refractivity (Wildman–Crippen MR) is 111 cm³/mol. The Morgan fingerprint density at radius 1 is 1.21 bits per heavy atom. The molecule has 2 fully saturated rings. The lowest BCUT2D eigenvalue weighted by molar-refractivity contribution is -0.127. The Morgan fingerprint density at radius 3 is 2.86 bits per heavy atom. The van der Waals surface area contributed by atoms with Crippen LogP contribution in [0.4, 0.5) is 0 Å². The molecule has 1 aliphatic carbocycles. The number of thiophene rings is 1. The van der Waals surface area contributed by atoms with Crippen LogP contribution in [0.2, 0.25) is 0 Å². The summed E-state index contributed by atoms with van der Waals surface area (Å²) in [7, 11) is 0. The van der Waals surface area contributed by atoms with Crippen LogP contribution in [0.3, 0.4) is 0 Å². The van der Waals surface area contributed by atoms with Gasteiger partial charge in [0, 0.05) is 24.6 Å². The molecule has 0 aromatic carbocycles. The van der Waals surface area contributed by atoms with E-state index in [1.807, 2.05) is 4.90 Å². The van der Waals surface area contributed by atoms with Crippen LogP contribution in [-0.2, 0) is 28.9 Å². The quantitative estimate of drug-likeness (QED) is 0.551. The number of amides is 1. The van der Waals surface area contributed by atoms with Crippen molar-refractivity contribution in [3.63, 3.8) is 0 Å². The Labute approximate surface area is 172 Å². The molecule has 1 atom stereocenters. The van der Waals surface area contributed by atoms with Crippen molar-refractivity contribution in [3.8, 4) is 0 Å². The SMILES string of the molecule is O=C(CSc1nc2sc3c(c2c(=O)n1C[C@H]1CCCO1)CCC3)N1CCCC1. The number of thioether (sulfide) groups is 1. The zero-order valence-electron chi connectivity index (χ0n) is 15.9. The first-order chi connectivity index (χ1) is 13.7. The van der Waals surface area contributed by atoms with Crippen LogP contribution >= 0.6 is 23.1 Å². The number of rotatable bonds is 5. The van der Waals surface area contributed by atoms with Gasteiger partial charge in [-0.2, -0.15) is 0 Å². The summed E-state index contributed by atoms with van der Waals surface area (Å²) in [5.41, 5.74) is 1.26. The topological polar surface area (TPSA) is 64.4 Å². The molecule has 2 aliphatic heterocycles. The van der Waals surface area contributed by atoms with E-state index < -0.39 is 0 Å². The lowest BCUT2D eigenvalue weighted by atomic mass is 10.2. The van der Waals surface area contributed by atoms with E-state index in [1.165, 1.54) is 22.2 Å². The van der Waals surface area contributed by atoms with E-state index in [0.29, 0.717) is 17.5 Å². The van der Waals surface area contributed by atoms with Gasteiger partial charge in [-0.15, -0.1) is 11.3 Å². The Bertz CT molecular complexity index is 956. The summed E-state index contributed by atoms with van der Waals surface area (Å²) in [5.74, 6) is 0.489. The van der Waals surface area contributed by atoms with Crippen LogP contribution in [0.1, 0.15) is 42.5 Å². The first-order valence-corrected chi connectivity index (χ1v) is 12.1. The molecule has 3 aliphatic rings. The minimum Gasteiger partial charge on any atom is -0.376 e. The molecule has 8 heteroatoms. The van der Waals surface area contributed by atoms with Crippen LogP contribution in [0, 0.1) is 0 Å². The molecule has 0 bridgehead atoms. The van der Waals surface area contributed by atoms with E-state index in [9.17, 15) is 9.59 Å². The highest BCUT2D eigenvalue weighted by molar-refractivity contribution is 7.99. The Hall–Kier alpha value is -1.38. The average molecular weight is 420 g/mol. The summed E-state index contributed by atoms with van der Waals surface area (Å²) >= 11 is 3.07. The fourth-order valence-corrected chi connectivity index (χ4v) is 6.72. The number of likely N-dealkylation sites (tertiary alicyclic amines) is 1. The van der Waals surface area contributed by atoms with Crippen molar-refractivity contribution >= 4 is 39.2 Å². The molecule has 0 spiro atoms. The maximum Gasteiger partial charge on any atom is 0.263 e. The van der Waals surface area contributed by atoms with Crippen LogP contribution in [-0.4, -0.2) is 51.9 Å². The molecule has 4 heterocycles. The van der Waals surface area contributed by atoms with E-state index in [0.717, 1.165) is 74.9 Å². The van der Waals surface area contributed by atoms with Gasteiger partial charge >= 0.3 is 0 Å². The van der Waals surface area contributed by atoms with Gasteiger partial charge in [0.25, 0.3) is 5.56 Å². The van der Waals surface area contributed by atoms with E-state index in [2.05, 4.69) is 0 Å². The van der Waals surface area contributed by atoms with Gasteiger partial charge in [0.2, 0.25) is 5.91 Å². The number of hydrogen-bond acceptors (Lipinski definition) is 6. The van der Waals surface area contributed by atoms with Crippen molar-refractivity contribution in [2.45, 2.75) is 62.8 Å². The smallest absolute Gasteiger partial charge is 0.263 e. The molecule has 0 radical (unpaired) electrons. The summed E-state index contributed by atoms with van der Waals surface area (Å²) < 4.78 is 7.57. The minimum absolute atomic E-state index is 0.0519. The number of aromatic nitrogens is 2. The molecule has 0 unspecified atom stereocenters. The van der Waals surface area contributed by atoms with Crippen molar-refractivity contribution in [1.29, 1.82) is 0 Å². The van der Waals surface area contributed by atoms with Gasteiger partial charge in [0.05, 0.1) is 23.8 Å². The Balaban J connectivity index is 1.48. The van der Waals surface area contributed by atoms with E-state index in [4.69, 9.17) is 9.72 Å². The van der Waals surface area contributed by atoms with Gasteiger partial charge in [-0.25, -0.2) is 4.98 Å². The maximum atomic E-state index is 13.4. The summed E-state index contributed by atoms with van der Waals surface area (Å²) in [5, 5.41) is 1.48. The zero-order valence-corrected chi connectivity index (χ0v) is 17.6. The van der Waals surface area contributed by atoms with Crippen LogP contribution < -0.4 is 5.56 Å². The van der Waals surface area contributed by atoms with Crippen molar-refractivity contribution in [3.05, 3.63) is 20.8 Å². The number of ether oxygens (including phenoxy) is 1. The monoisotopic (exact) mass is 419 g/mol. The minimum atomic E-state index is 0.0519. The summed E-state index contributed by atoms with van der Waals surface area (Å²) in [4.78, 5) is 34.9. The van der Waals surface area contributed by atoms with E-state index >= 15 is 0 Å². The molecule has 2 aromatic rings. The van der Waals surface area contributed by atoms with Crippen molar-refractivity contribution in [2.75, 3.05) is 25.4 Å². The fourth-order valence-electron chi connectivity index (χ4n) is 4.51. The molecule has 150 valence electrons. The van der Waals surface area contributed by atoms with Gasteiger partial charge in [-0.05, 0) is 50.5 Å². The molecule has 2 aromatic heterocycles. The third-order valence-corrected chi connectivity index (χ3v) is 8.13. The molecule has 0 saturated carbocycles. The third-order valence-electron chi connectivity index (χ3n) is 5.98. The number of carbonyl (C=O) groups is 1. The average Bonchev–Trinajstić information content (AvgIpc) is 3.46. The van der Waals surface area contributed by atoms with E-state index in [1.54, 1.807) is 15.9 Å². The van der Waals surface area contributed by atoms with E-state index in [-0.39, 0.29) is 17.6 Å². The van der Waals surface area contributed by atoms with Crippen molar-refractivity contribution < 1.29 is 9.53 Å². The van der Waals surface area contributed by atoms with Gasteiger partial charge in [-0.1, -0.05) is 11.8 Å². The van der Waals surface area contributed by atoms with Crippen molar-refractivity contribution in [1.82, 2.24) is 14.5 Å². The molecule has 1 amide bonds. The first kappa shape index (κ1) is 18.6. The van der Waals surface area contributed by atoms with Crippen LogP contribution in [0.15, 0.2) is 9.95 Å². The first-order valence-electron chi connectivity index (χ1n) is 10.3. The normalized spacial score (nSPS) is 21.7. The van der Waals surface area contributed by atoms with Crippen LogP contribution in [0.25, 0.3) is 10.2 Å².